The maximum Gasteiger partial charge on any atom is 0.673 e. The van der Waals surface area contributed by atoms with E-state index in [2.05, 4.69) is 86.6 Å². The highest BCUT2D eigenvalue weighted by molar-refractivity contribution is 7.81. The quantitative estimate of drug-likeness (QED) is 0.252. The predicted octanol–water partition coefficient (Wildman–Crippen LogP) is 7.44. The molecule has 25 heavy (non-hydrogen) atoms. The summed E-state index contributed by atoms with van der Waals surface area (Å²) in [5, 5.41) is 1.19. The number of hydrogen-bond donors (Lipinski definition) is 0. The Morgan fingerprint density at radius 3 is 1.08 bits per heavy atom. The summed E-state index contributed by atoms with van der Waals surface area (Å²) in [6.45, 7) is 22.6. The third kappa shape index (κ3) is 4.52. The molecule has 0 nitrogen and oxygen atoms in total. The summed E-state index contributed by atoms with van der Waals surface area (Å²) in [4.78, 5) is 0. The lowest BCUT2D eigenvalue weighted by Crippen LogP contribution is -2.46. The van der Waals surface area contributed by atoms with Gasteiger partial charge in [0.1, 0.15) is 0 Å². The van der Waals surface area contributed by atoms with E-state index in [1.54, 1.807) is 0 Å². The first-order chi connectivity index (χ1) is 10.9. The minimum Gasteiger partial charge on any atom is -0.418 e. The van der Waals surface area contributed by atoms with Crippen molar-refractivity contribution < 1.29 is 17.3 Å². The van der Waals surface area contributed by atoms with E-state index in [0.29, 0.717) is 15.5 Å². The Labute approximate surface area is 152 Å². The van der Waals surface area contributed by atoms with E-state index in [1.165, 1.54) is 0 Å². The van der Waals surface area contributed by atoms with Crippen LogP contribution in [0.1, 0.15) is 62.3 Å². The van der Waals surface area contributed by atoms with Crippen molar-refractivity contribution in [1.29, 1.82) is 0 Å². The Hall–Kier alpha value is -0.305. The Balaban J connectivity index is 0.000000550. The Morgan fingerprint density at radius 1 is 0.640 bits per heavy atom. The van der Waals surface area contributed by atoms with Crippen molar-refractivity contribution in [2.45, 2.75) is 83.4 Å². The average molecular weight is 380 g/mol. The van der Waals surface area contributed by atoms with Gasteiger partial charge in [0.2, 0.25) is 0 Å². The fourth-order valence-electron chi connectivity index (χ4n) is 6.09. The monoisotopic (exact) mass is 380 g/mol. The van der Waals surface area contributed by atoms with Crippen LogP contribution in [0.5, 0.6) is 0 Å². The lowest BCUT2D eigenvalue weighted by molar-refractivity contribution is 0.368. The molecule has 0 bridgehead atoms. The van der Waals surface area contributed by atoms with Crippen molar-refractivity contribution in [2.75, 3.05) is 0 Å². The van der Waals surface area contributed by atoms with E-state index >= 15 is 0 Å². The molecule has 2 rings (SSSR count). The van der Waals surface area contributed by atoms with Crippen molar-refractivity contribution >= 4 is 14.5 Å². The van der Waals surface area contributed by atoms with Gasteiger partial charge in [-0.2, -0.15) is 0 Å². The minimum atomic E-state index is -6.00. The molecule has 0 heterocycles. The molecule has 2 aliphatic rings. The Morgan fingerprint density at radius 2 is 0.880 bits per heavy atom. The van der Waals surface area contributed by atoms with Crippen LogP contribution in [-0.2, 0) is 0 Å². The molecule has 0 aromatic carbocycles. The van der Waals surface area contributed by atoms with Crippen molar-refractivity contribution in [3.63, 3.8) is 0 Å². The Bertz CT molecular complexity index is 470. The average Bonchev–Trinajstić information content (AvgIpc) is 2.96. The first-order valence-electron chi connectivity index (χ1n) is 8.97. The fraction of sp³-hybridized carbons (Fsp3) is 0.789. The second kappa shape index (κ2) is 6.70. The highest BCUT2D eigenvalue weighted by Crippen LogP contribution is 2.91. The van der Waals surface area contributed by atoms with Crippen LogP contribution in [0, 0.1) is 11.8 Å². The molecule has 0 N–H and O–H groups in total. The van der Waals surface area contributed by atoms with Crippen molar-refractivity contribution in [1.82, 2.24) is 0 Å². The van der Waals surface area contributed by atoms with Crippen LogP contribution in [0.3, 0.4) is 0 Å². The van der Waals surface area contributed by atoms with Crippen LogP contribution in [0.2, 0.25) is 0 Å². The number of fused-ring (bicyclic) bond motifs is 1. The summed E-state index contributed by atoms with van der Waals surface area (Å²) < 4.78 is 39.0. The standard InChI is InChI=1S/C19H34P.BF4/c1-17(2,3)20(18(4,5)6,19(7,8)9)16-14-12-10-11-13-15(14)16;2-1(3,4)5/h10-16H,1-9H3;/q+1;-1/t14-,15+,16?;. The molecule has 146 valence electrons. The third-order valence-corrected chi connectivity index (χ3v) is 13.4. The maximum absolute atomic E-state index is 9.75. The van der Waals surface area contributed by atoms with Crippen molar-refractivity contribution in [3.05, 3.63) is 24.3 Å². The number of rotatable bonds is 1. The molecule has 0 aliphatic heterocycles. The normalized spacial score (nSPS) is 26.7. The molecule has 0 spiro atoms. The van der Waals surface area contributed by atoms with Crippen LogP contribution in [0.15, 0.2) is 24.3 Å². The van der Waals surface area contributed by atoms with E-state index in [1.807, 2.05) is 0 Å². The van der Waals surface area contributed by atoms with Gasteiger partial charge in [0.05, 0.1) is 21.1 Å². The summed E-state index contributed by atoms with van der Waals surface area (Å²) in [6.07, 6.45) is 9.49. The van der Waals surface area contributed by atoms with Crippen LogP contribution >= 0.6 is 7.26 Å². The molecule has 3 atom stereocenters. The van der Waals surface area contributed by atoms with Crippen molar-refractivity contribution in [3.8, 4) is 0 Å². The molecule has 6 heteroatoms. The van der Waals surface area contributed by atoms with Crippen molar-refractivity contribution in [2.24, 2.45) is 11.8 Å². The minimum absolute atomic E-state index is 0.396. The van der Waals surface area contributed by atoms with Gasteiger partial charge in [0.15, 0.2) is 0 Å². The molecule has 0 aromatic rings. The smallest absolute Gasteiger partial charge is 0.418 e. The van der Waals surface area contributed by atoms with Crippen LogP contribution in [-0.4, -0.2) is 28.4 Å². The summed E-state index contributed by atoms with van der Waals surface area (Å²) in [6, 6.07) is 0. The summed E-state index contributed by atoms with van der Waals surface area (Å²) in [7, 11) is -7.22. The van der Waals surface area contributed by atoms with Gasteiger partial charge in [-0.25, -0.2) is 0 Å². The highest BCUT2D eigenvalue weighted by atomic mass is 31.2. The van der Waals surface area contributed by atoms with Gasteiger partial charge in [0, 0.05) is 19.1 Å². The second-order valence-corrected chi connectivity index (χ2v) is 16.2. The number of hydrogen-bond acceptors (Lipinski definition) is 0. The molecule has 1 unspecified atom stereocenters. The lowest BCUT2D eigenvalue weighted by atomic mass is 10.2. The fourth-order valence-corrected chi connectivity index (χ4v) is 16.3. The predicted molar refractivity (Wildman–Crippen MR) is 105 cm³/mol. The first kappa shape index (κ1) is 22.7. The van der Waals surface area contributed by atoms with Gasteiger partial charge >= 0.3 is 7.25 Å². The molecule has 0 radical (unpaired) electrons. The number of halogens is 4. The van der Waals surface area contributed by atoms with E-state index < -0.39 is 14.5 Å². The van der Waals surface area contributed by atoms with Gasteiger partial charge in [-0.05, 0) is 62.3 Å². The maximum atomic E-state index is 9.75. The Kier molecular flexibility index (Phi) is 6.09. The van der Waals surface area contributed by atoms with Crippen LogP contribution < -0.4 is 0 Å². The molecule has 0 saturated heterocycles. The third-order valence-electron chi connectivity index (χ3n) is 5.49. The number of allylic oxidation sites excluding steroid dienone is 4. The van der Waals surface area contributed by atoms with Gasteiger partial charge in [0.25, 0.3) is 0 Å². The van der Waals surface area contributed by atoms with Crippen LogP contribution in [0.25, 0.3) is 0 Å². The molecule has 0 aromatic heterocycles. The van der Waals surface area contributed by atoms with E-state index in [-0.39, 0.29) is 0 Å². The van der Waals surface area contributed by atoms with Gasteiger partial charge < -0.3 is 17.3 Å². The molecule has 1 fully saturated rings. The van der Waals surface area contributed by atoms with E-state index in [0.717, 1.165) is 17.5 Å². The SMILES string of the molecule is CC(C)(C)[P+](C1[C@H]2C=CC=C[C@@H]12)(C(C)(C)C)C(C)(C)C.F[B-](F)(F)F. The summed E-state index contributed by atoms with van der Waals surface area (Å²) >= 11 is 0. The van der Waals surface area contributed by atoms with Crippen LogP contribution in [0.4, 0.5) is 17.3 Å². The topological polar surface area (TPSA) is 0 Å². The first-order valence-corrected chi connectivity index (χ1v) is 10.8. The van der Waals surface area contributed by atoms with E-state index in [4.69, 9.17) is 0 Å². The molecule has 0 amide bonds. The second-order valence-electron chi connectivity index (χ2n) is 10.1. The zero-order valence-electron chi connectivity index (χ0n) is 17.1. The van der Waals surface area contributed by atoms with Gasteiger partial charge in [-0.3, -0.25) is 0 Å². The zero-order chi connectivity index (χ0) is 20.1. The highest BCUT2D eigenvalue weighted by Gasteiger charge is 2.77. The molecular formula is C19H34BF4P. The summed E-state index contributed by atoms with van der Waals surface area (Å²) in [5.74, 6) is 1.62. The molecular weight excluding hydrogens is 346 g/mol. The largest absolute Gasteiger partial charge is 0.673 e. The van der Waals surface area contributed by atoms with Gasteiger partial charge in [-0.1, -0.05) is 24.3 Å². The summed E-state index contributed by atoms with van der Waals surface area (Å²) in [5.41, 5.74) is 0.887. The van der Waals surface area contributed by atoms with E-state index in [9.17, 15) is 17.3 Å². The van der Waals surface area contributed by atoms with Gasteiger partial charge in [-0.15, -0.1) is 0 Å². The molecule has 1 saturated carbocycles. The zero-order valence-corrected chi connectivity index (χ0v) is 18.0. The lowest BCUT2D eigenvalue weighted by Gasteiger charge is -2.55. The molecule has 2 aliphatic carbocycles.